The number of halogens is 2. The minimum absolute atomic E-state index is 0.0186. The third kappa shape index (κ3) is 1.86. The Kier molecular flexibility index (Phi) is 3.20. The maximum absolute atomic E-state index is 14.2. The van der Waals surface area contributed by atoms with Gasteiger partial charge in [-0.1, -0.05) is 17.7 Å². The van der Waals surface area contributed by atoms with Gasteiger partial charge in [-0.05, 0) is 25.0 Å². The zero-order chi connectivity index (χ0) is 17.2. The van der Waals surface area contributed by atoms with Crippen molar-refractivity contribution < 1.29 is 9.18 Å². The van der Waals surface area contributed by atoms with E-state index in [1.54, 1.807) is 41.8 Å². The van der Waals surface area contributed by atoms with E-state index in [-0.39, 0.29) is 17.9 Å². The van der Waals surface area contributed by atoms with Crippen molar-refractivity contribution in [1.29, 1.82) is 5.26 Å². The zero-order valence-corrected chi connectivity index (χ0v) is 14.3. The van der Waals surface area contributed by atoms with Gasteiger partial charge < -0.3 is 9.47 Å². The van der Waals surface area contributed by atoms with Gasteiger partial charge in [-0.15, -0.1) is 0 Å². The predicted octanol–water partition coefficient (Wildman–Crippen LogP) is 3.67. The molecule has 0 N–H and O–H groups in total. The van der Waals surface area contributed by atoms with Gasteiger partial charge in [0, 0.05) is 37.9 Å². The molecule has 0 saturated heterocycles. The standard InChI is InChI=1S/C18H17ClFN3O/c1-22-13(7-10-3-4-11(9-21)15(19)16(10)22)17(24)23(2)14-8-18(20)6-5-12(14)18/h3-4,7,12,14H,5-6,8H2,1-2H3. The summed E-state index contributed by atoms with van der Waals surface area (Å²) in [6.07, 6.45) is 1.91. The summed E-state index contributed by atoms with van der Waals surface area (Å²) < 4.78 is 15.9. The van der Waals surface area contributed by atoms with Crippen LogP contribution in [0.3, 0.4) is 0 Å². The number of carbonyl (C=O) groups is 1. The van der Waals surface area contributed by atoms with Crippen LogP contribution in [0.15, 0.2) is 18.2 Å². The number of alkyl halides is 1. The highest BCUT2D eigenvalue weighted by molar-refractivity contribution is 6.36. The maximum atomic E-state index is 14.2. The zero-order valence-electron chi connectivity index (χ0n) is 13.5. The summed E-state index contributed by atoms with van der Waals surface area (Å²) in [6, 6.07) is 7.25. The topological polar surface area (TPSA) is 49.0 Å². The van der Waals surface area contributed by atoms with E-state index < -0.39 is 5.67 Å². The highest BCUT2D eigenvalue weighted by Gasteiger charge is 2.62. The third-order valence-corrected chi connectivity index (χ3v) is 6.22. The van der Waals surface area contributed by atoms with Crippen LogP contribution in [0, 0.1) is 17.2 Å². The van der Waals surface area contributed by atoms with Gasteiger partial charge in [0.25, 0.3) is 5.91 Å². The molecule has 124 valence electrons. The Hall–Kier alpha value is -2.06. The molecule has 1 aromatic carbocycles. The van der Waals surface area contributed by atoms with Crippen molar-refractivity contribution in [3.63, 3.8) is 0 Å². The minimum atomic E-state index is -1.04. The van der Waals surface area contributed by atoms with Gasteiger partial charge >= 0.3 is 0 Å². The number of nitriles is 1. The van der Waals surface area contributed by atoms with Crippen LogP contribution in [0.2, 0.25) is 5.02 Å². The summed E-state index contributed by atoms with van der Waals surface area (Å²) in [5.74, 6) is -0.155. The fourth-order valence-corrected chi connectivity index (χ4v) is 4.52. The lowest BCUT2D eigenvalue weighted by molar-refractivity contribution is -0.152. The molecule has 3 unspecified atom stereocenters. The number of carbonyl (C=O) groups excluding carboxylic acids is 1. The second-order valence-corrected chi connectivity index (χ2v) is 7.31. The lowest BCUT2D eigenvalue weighted by Crippen LogP contribution is -2.67. The molecule has 1 amide bonds. The van der Waals surface area contributed by atoms with Crippen LogP contribution in [0.4, 0.5) is 4.39 Å². The van der Waals surface area contributed by atoms with Crippen LogP contribution in [-0.2, 0) is 7.05 Å². The van der Waals surface area contributed by atoms with E-state index in [0.717, 1.165) is 11.8 Å². The summed E-state index contributed by atoms with van der Waals surface area (Å²) in [7, 11) is 3.50. The first-order valence-electron chi connectivity index (χ1n) is 8.01. The highest BCUT2D eigenvalue weighted by atomic mass is 35.5. The van der Waals surface area contributed by atoms with E-state index >= 15 is 0 Å². The molecule has 3 atom stereocenters. The molecule has 4 rings (SSSR count). The summed E-state index contributed by atoms with van der Waals surface area (Å²) in [5.41, 5.74) is 0.515. The largest absolute Gasteiger partial charge is 0.338 e. The fraction of sp³-hybridized carbons (Fsp3) is 0.444. The lowest BCUT2D eigenvalue weighted by atomic mass is 9.53. The Morgan fingerprint density at radius 3 is 2.83 bits per heavy atom. The molecule has 0 spiro atoms. The fourth-order valence-electron chi connectivity index (χ4n) is 4.18. The van der Waals surface area contributed by atoms with E-state index in [4.69, 9.17) is 16.9 Å². The first kappa shape index (κ1) is 15.5. The molecule has 1 aromatic heterocycles. The van der Waals surface area contributed by atoms with Gasteiger partial charge in [-0.2, -0.15) is 5.26 Å². The number of fused-ring (bicyclic) bond motifs is 2. The Morgan fingerprint density at radius 1 is 1.54 bits per heavy atom. The number of hydrogen-bond donors (Lipinski definition) is 0. The van der Waals surface area contributed by atoms with Crippen LogP contribution in [0.5, 0.6) is 0 Å². The van der Waals surface area contributed by atoms with Gasteiger partial charge in [0.05, 0.1) is 16.1 Å². The third-order valence-electron chi connectivity index (χ3n) is 5.84. The van der Waals surface area contributed by atoms with E-state index in [1.807, 2.05) is 0 Å². The van der Waals surface area contributed by atoms with Gasteiger partial charge in [-0.3, -0.25) is 4.79 Å². The lowest BCUT2D eigenvalue weighted by Gasteiger charge is -2.60. The van der Waals surface area contributed by atoms with Crippen molar-refractivity contribution in [3.05, 3.63) is 34.5 Å². The van der Waals surface area contributed by atoms with Gasteiger partial charge in [0.15, 0.2) is 0 Å². The molecule has 2 aromatic rings. The molecular formula is C18H17ClFN3O. The number of amides is 1. The highest BCUT2D eigenvalue weighted by Crippen LogP contribution is 2.58. The monoisotopic (exact) mass is 345 g/mol. The molecule has 2 aliphatic rings. The smallest absolute Gasteiger partial charge is 0.270 e. The first-order chi connectivity index (χ1) is 11.4. The van der Waals surface area contributed by atoms with Crippen LogP contribution >= 0.6 is 11.6 Å². The second-order valence-electron chi connectivity index (χ2n) is 6.93. The molecule has 2 aliphatic carbocycles. The van der Waals surface area contributed by atoms with E-state index in [2.05, 4.69) is 6.07 Å². The number of hydrogen-bond acceptors (Lipinski definition) is 2. The molecule has 6 heteroatoms. The number of nitrogens with zero attached hydrogens (tertiary/aromatic N) is 3. The average molecular weight is 346 g/mol. The second kappa shape index (κ2) is 4.97. The minimum Gasteiger partial charge on any atom is -0.338 e. The van der Waals surface area contributed by atoms with Crippen molar-refractivity contribution in [2.75, 3.05) is 7.05 Å². The summed E-state index contributed by atoms with van der Waals surface area (Å²) in [6.45, 7) is 0. The number of aromatic nitrogens is 1. The number of aryl methyl sites for hydroxylation is 1. The van der Waals surface area contributed by atoms with E-state index in [1.165, 1.54) is 0 Å². The van der Waals surface area contributed by atoms with Gasteiger partial charge in [0.2, 0.25) is 0 Å². The van der Waals surface area contributed by atoms with Gasteiger partial charge in [0.1, 0.15) is 17.4 Å². The van der Waals surface area contributed by atoms with Crippen LogP contribution in [0.1, 0.15) is 35.3 Å². The summed E-state index contributed by atoms with van der Waals surface area (Å²) >= 11 is 6.30. The predicted molar refractivity (Wildman–Crippen MR) is 89.7 cm³/mol. The normalized spacial score (nSPS) is 27.8. The average Bonchev–Trinajstić information content (AvgIpc) is 2.90. The molecule has 0 radical (unpaired) electrons. The van der Waals surface area contributed by atoms with Crippen LogP contribution in [0.25, 0.3) is 10.9 Å². The molecular weight excluding hydrogens is 329 g/mol. The Morgan fingerprint density at radius 2 is 2.29 bits per heavy atom. The van der Waals surface area contributed by atoms with Gasteiger partial charge in [-0.25, -0.2) is 4.39 Å². The van der Waals surface area contributed by atoms with Crippen molar-refractivity contribution in [1.82, 2.24) is 9.47 Å². The van der Waals surface area contributed by atoms with Crippen molar-refractivity contribution >= 4 is 28.4 Å². The quantitative estimate of drug-likeness (QED) is 0.833. The molecule has 4 nitrogen and oxygen atoms in total. The first-order valence-corrected chi connectivity index (χ1v) is 8.39. The van der Waals surface area contributed by atoms with Crippen molar-refractivity contribution in [2.45, 2.75) is 31.0 Å². The molecule has 1 heterocycles. The molecule has 0 aliphatic heterocycles. The Labute approximate surface area is 144 Å². The SMILES string of the molecule is CN(C(=O)c1cc2ccc(C#N)c(Cl)c2n1C)C1CC2(F)CCC12. The van der Waals surface area contributed by atoms with Crippen LogP contribution in [-0.4, -0.2) is 34.1 Å². The Balaban J connectivity index is 1.69. The Bertz CT molecular complexity index is 915. The number of benzene rings is 1. The molecule has 2 saturated carbocycles. The van der Waals surface area contributed by atoms with E-state index in [0.29, 0.717) is 34.6 Å². The molecule has 0 bridgehead atoms. The molecule has 24 heavy (non-hydrogen) atoms. The molecule has 2 fully saturated rings. The van der Waals surface area contributed by atoms with Crippen molar-refractivity contribution in [2.24, 2.45) is 13.0 Å². The summed E-state index contributed by atoms with van der Waals surface area (Å²) in [4.78, 5) is 14.6. The van der Waals surface area contributed by atoms with Crippen molar-refractivity contribution in [3.8, 4) is 6.07 Å². The van der Waals surface area contributed by atoms with E-state index in [9.17, 15) is 9.18 Å². The maximum Gasteiger partial charge on any atom is 0.270 e. The summed E-state index contributed by atoms with van der Waals surface area (Å²) in [5, 5.41) is 10.3. The van der Waals surface area contributed by atoms with Crippen LogP contribution < -0.4 is 0 Å². The number of rotatable bonds is 2.